The second-order valence-electron chi connectivity index (χ2n) is 7.43. The molecular weight excluding hydrogens is 410 g/mol. The number of pyridine rings is 2. The molecule has 0 radical (unpaired) electrons. The minimum atomic E-state index is -0.148. The molecule has 31 heavy (non-hydrogen) atoms. The normalized spacial score (nSPS) is 10.9. The number of halogens is 1. The topological polar surface area (TPSA) is 82.2 Å². The van der Waals surface area contributed by atoms with Gasteiger partial charge in [0.2, 0.25) is 0 Å². The first-order chi connectivity index (χ1) is 14.7. The molecule has 0 atom stereocenters. The summed E-state index contributed by atoms with van der Waals surface area (Å²) in [4.78, 5) is 27.7. The van der Waals surface area contributed by atoms with Gasteiger partial charge in [-0.05, 0) is 56.2 Å². The zero-order chi connectivity index (χ0) is 22.7. The van der Waals surface area contributed by atoms with Gasteiger partial charge in [0, 0.05) is 30.9 Å². The van der Waals surface area contributed by atoms with E-state index in [0.29, 0.717) is 27.8 Å². The molecule has 3 rings (SSSR count). The first-order valence-corrected chi connectivity index (χ1v) is 10.00. The molecule has 1 aromatic carbocycles. The fourth-order valence-corrected chi connectivity index (χ4v) is 3.50. The Morgan fingerprint density at radius 3 is 2.52 bits per heavy atom. The average molecular weight is 432 g/mol. The number of aliphatic imine (C=N–C) groups is 1. The number of aromatic nitrogens is 2. The summed E-state index contributed by atoms with van der Waals surface area (Å²) >= 11 is 6.22. The van der Waals surface area contributed by atoms with Gasteiger partial charge in [-0.2, -0.15) is 5.26 Å². The van der Waals surface area contributed by atoms with E-state index in [1.54, 1.807) is 29.4 Å². The van der Waals surface area contributed by atoms with Crippen molar-refractivity contribution in [2.45, 2.75) is 20.8 Å². The maximum atomic E-state index is 12.4. The van der Waals surface area contributed by atoms with Crippen LogP contribution in [0.4, 0.5) is 5.82 Å². The van der Waals surface area contributed by atoms with Crippen LogP contribution in [-0.2, 0) is 0 Å². The Morgan fingerprint density at radius 2 is 1.90 bits per heavy atom. The molecule has 0 saturated carbocycles. The molecule has 0 fully saturated rings. The van der Waals surface area contributed by atoms with Crippen LogP contribution in [0.25, 0.3) is 22.4 Å². The number of nitrogens with zero attached hydrogens (tertiary/aromatic N) is 5. The summed E-state index contributed by atoms with van der Waals surface area (Å²) in [6, 6.07) is 13.1. The second-order valence-corrected chi connectivity index (χ2v) is 7.82. The van der Waals surface area contributed by atoms with Gasteiger partial charge in [0.25, 0.3) is 0 Å². The number of nitriles is 1. The van der Waals surface area contributed by atoms with E-state index in [-0.39, 0.29) is 5.78 Å². The minimum Gasteiger partial charge on any atom is -0.369 e. The summed E-state index contributed by atoms with van der Waals surface area (Å²) in [7, 11) is 3.68. The first-order valence-electron chi connectivity index (χ1n) is 9.62. The highest BCUT2D eigenvalue weighted by Gasteiger charge is 2.20. The van der Waals surface area contributed by atoms with Crippen molar-refractivity contribution in [3.05, 3.63) is 63.9 Å². The van der Waals surface area contributed by atoms with E-state index in [0.717, 1.165) is 27.9 Å². The summed E-state index contributed by atoms with van der Waals surface area (Å²) in [5.74, 6) is 0.171. The predicted octanol–water partition coefficient (Wildman–Crippen LogP) is 5.38. The van der Waals surface area contributed by atoms with Crippen LogP contribution in [0.5, 0.6) is 0 Å². The molecule has 0 aliphatic carbocycles. The van der Waals surface area contributed by atoms with Crippen molar-refractivity contribution in [2.75, 3.05) is 14.1 Å². The predicted molar refractivity (Wildman–Crippen MR) is 124 cm³/mol. The van der Waals surface area contributed by atoms with Crippen LogP contribution in [0.3, 0.4) is 0 Å². The Bertz CT molecular complexity index is 1220. The van der Waals surface area contributed by atoms with Crippen molar-refractivity contribution in [2.24, 2.45) is 4.99 Å². The Labute approximate surface area is 186 Å². The third-order valence-electron chi connectivity index (χ3n) is 4.74. The van der Waals surface area contributed by atoms with Crippen molar-refractivity contribution in [1.29, 1.82) is 5.26 Å². The highest BCUT2D eigenvalue weighted by atomic mass is 35.5. The number of hydrogen-bond donors (Lipinski definition) is 0. The van der Waals surface area contributed by atoms with Gasteiger partial charge in [-0.15, -0.1) is 0 Å². The molecule has 7 heteroatoms. The summed E-state index contributed by atoms with van der Waals surface area (Å²) in [5, 5.41) is 9.85. The molecular formula is C24H22ClN5O. The summed E-state index contributed by atoms with van der Waals surface area (Å²) < 4.78 is 0. The van der Waals surface area contributed by atoms with Gasteiger partial charge in [0.15, 0.2) is 11.6 Å². The third kappa shape index (κ3) is 4.79. The molecule has 0 aliphatic rings. The van der Waals surface area contributed by atoms with Crippen LogP contribution in [-0.4, -0.2) is 41.1 Å². The first kappa shape index (κ1) is 22.1. The molecule has 0 bridgehead atoms. The fourth-order valence-electron chi connectivity index (χ4n) is 3.25. The van der Waals surface area contributed by atoms with Gasteiger partial charge in [0.05, 0.1) is 29.2 Å². The lowest BCUT2D eigenvalue weighted by atomic mass is 9.93. The molecule has 3 aromatic rings. The number of benzene rings is 1. The van der Waals surface area contributed by atoms with Crippen LogP contribution in [0.15, 0.2) is 41.4 Å². The van der Waals surface area contributed by atoms with Crippen molar-refractivity contribution >= 4 is 29.5 Å². The van der Waals surface area contributed by atoms with E-state index in [1.807, 2.05) is 46.1 Å². The second kappa shape index (κ2) is 9.07. The smallest absolute Gasteiger partial charge is 0.165 e. The largest absolute Gasteiger partial charge is 0.369 e. The average Bonchev–Trinajstić information content (AvgIpc) is 2.71. The van der Waals surface area contributed by atoms with E-state index in [2.05, 4.69) is 16.0 Å². The third-order valence-corrected chi connectivity index (χ3v) is 4.93. The molecule has 0 amide bonds. The summed E-state index contributed by atoms with van der Waals surface area (Å²) in [6.45, 7) is 5.22. The number of Topliss-reactive ketones (excluding diaryl/α,β-unsaturated/α-hetero) is 1. The number of carbonyl (C=O) groups is 1. The summed E-state index contributed by atoms with van der Waals surface area (Å²) in [6.07, 6.45) is 1.60. The van der Waals surface area contributed by atoms with E-state index >= 15 is 0 Å². The SMILES string of the molecule is CC(=O)c1cc(-c2cc(C)nc(Cl)c2)c(-c2cccc(C#N)c2C)nc1N=CN(C)C. The lowest BCUT2D eigenvalue weighted by Gasteiger charge is -2.16. The van der Waals surface area contributed by atoms with Crippen molar-refractivity contribution in [1.82, 2.24) is 14.9 Å². The fraction of sp³-hybridized carbons (Fsp3) is 0.208. The van der Waals surface area contributed by atoms with Gasteiger partial charge >= 0.3 is 0 Å². The Kier molecular flexibility index (Phi) is 6.47. The van der Waals surface area contributed by atoms with Crippen LogP contribution in [0, 0.1) is 25.2 Å². The molecule has 6 nitrogen and oxygen atoms in total. The van der Waals surface area contributed by atoms with E-state index in [1.165, 1.54) is 6.92 Å². The van der Waals surface area contributed by atoms with Crippen molar-refractivity contribution in [3.8, 4) is 28.5 Å². The van der Waals surface area contributed by atoms with Gasteiger partial charge in [-0.1, -0.05) is 23.7 Å². The molecule has 0 N–H and O–H groups in total. The highest BCUT2D eigenvalue weighted by molar-refractivity contribution is 6.29. The quantitative estimate of drug-likeness (QED) is 0.234. The zero-order valence-corrected chi connectivity index (χ0v) is 18.8. The Hall–Kier alpha value is -3.56. The molecule has 2 heterocycles. The van der Waals surface area contributed by atoms with Gasteiger partial charge in [0.1, 0.15) is 5.15 Å². The van der Waals surface area contributed by atoms with Crippen LogP contribution in [0.2, 0.25) is 5.15 Å². The lowest BCUT2D eigenvalue weighted by Crippen LogP contribution is -2.08. The van der Waals surface area contributed by atoms with E-state index < -0.39 is 0 Å². The number of hydrogen-bond acceptors (Lipinski definition) is 5. The van der Waals surface area contributed by atoms with Gasteiger partial charge < -0.3 is 4.90 Å². The molecule has 0 aliphatic heterocycles. The molecule has 0 spiro atoms. The van der Waals surface area contributed by atoms with E-state index in [9.17, 15) is 10.1 Å². The van der Waals surface area contributed by atoms with Crippen molar-refractivity contribution in [3.63, 3.8) is 0 Å². The standard InChI is InChI=1S/C24H22ClN5O/c1-14-9-18(10-22(25)28-14)21-11-20(16(3)31)24(27-13-30(4)5)29-23(21)19-8-6-7-17(12-26)15(19)2/h6-11,13H,1-5H3. The molecule has 0 unspecified atom stereocenters. The zero-order valence-electron chi connectivity index (χ0n) is 18.1. The minimum absolute atomic E-state index is 0.148. The maximum Gasteiger partial charge on any atom is 0.165 e. The van der Waals surface area contributed by atoms with Crippen LogP contribution >= 0.6 is 11.6 Å². The van der Waals surface area contributed by atoms with Crippen LogP contribution < -0.4 is 0 Å². The van der Waals surface area contributed by atoms with E-state index in [4.69, 9.17) is 16.6 Å². The van der Waals surface area contributed by atoms with Gasteiger partial charge in [-0.25, -0.2) is 15.0 Å². The summed E-state index contributed by atoms with van der Waals surface area (Å²) in [5.41, 5.74) is 5.42. The lowest BCUT2D eigenvalue weighted by molar-refractivity contribution is 0.101. The number of carbonyl (C=O) groups excluding carboxylic acids is 1. The monoisotopic (exact) mass is 431 g/mol. The van der Waals surface area contributed by atoms with Crippen LogP contribution in [0.1, 0.15) is 34.1 Å². The molecule has 156 valence electrons. The Balaban J connectivity index is 2.42. The Morgan fingerprint density at radius 1 is 1.16 bits per heavy atom. The maximum absolute atomic E-state index is 12.4. The van der Waals surface area contributed by atoms with Gasteiger partial charge in [-0.3, -0.25) is 4.79 Å². The molecule has 2 aromatic heterocycles. The highest BCUT2D eigenvalue weighted by Crippen LogP contribution is 2.37. The number of aryl methyl sites for hydroxylation is 1. The number of rotatable bonds is 5. The number of ketones is 1. The van der Waals surface area contributed by atoms with Crippen molar-refractivity contribution < 1.29 is 4.79 Å². The molecule has 0 saturated heterocycles.